The fourth-order valence-corrected chi connectivity index (χ4v) is 3.67. The first kappa shape index (κ1) is 22.8. The molecule has 0 spiro atoms. The third kappa shape index (κ3) is 4.72. The lowest BCUT2D eigenvalue weighted by molar-refractivity contribution is -0.136. The van der Waals surface area contributed by atoms with E-state index in [2.05, 4.69) is 36.0 Å². The van der Waals surface area contributed by atoms with Crippen molar-refractivity contribution in [1.82, 2.24) is 4.90 Å². The monoisotopic (exact) mass is 432 g/mol. The molecule has 0 saturated heterocycles. The first-order valence-electron chi connectivity index (χ1n) is 10.6. The van der Waals surface area contributed by atoms with Crippen molar-refractivity contribution in [1.29, 1.82) is 0 Å². The molecule has 1 aliphatic heterocycles. The summed E-state index contributed by atoms with van der Waals surface area (Å²) < 4.78 is 0. The molecule has 0 aromatic heterocycles. The second-order valence-corrected chi connectivity index (χ2v) is 7.36. The SMILES string of the molecule is C=CCN1C(=O)C(Nc2ccc(N(CC)CC)cc2)=C(c2ccc(NC(C)=O)cc2)C1=O. The number of imide groups is 1. The largest absolute Gasteiger partial charge is 0.372 e. The maximum absolute atomic E-state index is 13.1. The van der Waals surface area contributed by atoms with E-state index in [-0.39, 0.29) is 24.1 Å². The molecule has 1 aliphatic rings. The molecule has 32 heavy (non-hydrogen) atoms. The van der Waals surface area contributed by atoms with Crippen LogP contribution < -0.4 is 15.5 Å². The Hall–Kier alpha value is -3.87. The average Bonchev–Trinajstić information content (AvgIpc) is 3.00. The van der Waals surface area contributed by atoms with Gasteiger partial charge in [0.05, 0.1) is 5.57 Å². The van der Waals surface area contributed by atoms with Gasteiger partial charge in [0, 0.05) is 43.6 Å². The number of nitrogens with zero attached hydrogens (tertiary/aromatic N) is 2. The van der Waals surface area contributed by atoms with Crippen LogP contribution in [0.5, 0.6) is 0 Å². The van der Waals surface area contributed by atoms with E-state index in [1.165, 1.54) is 13.0 Å². The Bertz CT molecular complexity index is 1050. The standard InChI is InChI=1S/C25H28N4O3/c1-5-16-29-24(31)22(18-8-10-19(11-9-18)26-17(4)30)23(25(29)32)27-20-12-14-21(15-13-20)28(6-2)7-3/h5,8-15,27H,1,6-7,16H2,2-4H3,(H,26,30). The number of benzene rings is 2. The summed E-state index contributed by atoms with van der Waals surface area (Å²) in [5.74, 6) is -0.968. The summed E-state index contributed by atoms with van der Waals surface area (Å²) in [5, 5.41) is 5.85. The quantitative estimate of drug-likeness (QED) is 0.464. The maximum atomic E-state index is 13.1. The van der Waals surface area contributed by atoms with E-state index in [9.17, 15) is 14.4 Å². The molecule has 0 saturated carbocycles. The Morgan fingerprint density at radius 2 is 1.56 bits per heavy atom. The summed E-state index contributed by atoms with van der Waals surface area (Å²) in [6.45, 7) is 11.2. The smallest absolute Gasteiger partial charge is 0.278 e. The van der Waals surface area contributed by atoms with E-state index >= 15 is 0 Å². The summed E-state index contributed by atoms with van der Waals surface area (Å²) in [4.78, 5) is 40.8. The van der Waals surface area contributed by atoms with Crippen molar-refractivity contribution in [2.45, 2.75) is 20.8 Å². The number of nitrogens with one attached hydrogen (secondary N) is 2. The highest BCUT2D eigenvalue weighted by molar-refractivity contribution is 6.36. The van der Waals surface area contributed by atoms with Crippen molar-refractivity contribution < 1.29 is 14.4 Å². The summed E-state index contributed by atoms with van der Waals surface area (Å²) >= 11 is 0. The van der Waals surface area contributed by atoms with Crippen LogP contribution in [-0.2, 0) is 14.4 Å². The minimum Gasteiger partial charge on any atom is -0.372 e. The number of rotatable bonds is 9. The number of amides is 3. The zero-order valence-electron chi connectivity index (χ0n) is 18.6. The van der Waals surface area contributed by atoms with Gasteiger partial charge in [-0.25, -0.2) is 0 Å². The van der Waals surface area contributed by atoms with Crippen molar-refractivity contribution >= 4 is 40.4 Å². The van der Waals surface area contributed by atoms with Crippen LogP contribution in [-0.4, -0.2) is 42.3 Å². The lowest BCUT2D eigenvalue weighted by Gasteiger charge is -2.21. The second-order valence-electron chi connectivity index (χ2n) is 7.36. The Balaban J connectivity index is 1.96. The van der Waals surface area contributed by atoms with Crippen LogP contribution in [0.25, 0.3) is 5.57 Å². The fourth-order valence-electron chi connectivity index (χ4n) is 3.67. The van der Waals surface area contributed by atoms with Crippen molar-refractivity contribution in [3.8, 4) is 0 Å². The summed E-state index contributed by atoms with van der Waals surface area (Å²) in [7, 11) is 0. The van der Waals surface area contributed by atoms with Crippen molar-refractivity contribution in [2.24, 2.45) is 0 Å². The minimum absolute atomic E-state index is 0.122. The Labute approximate surface area is 188 Å². The lowest BCUT2D eigenvalue weighted by Crippen LogP contribution is -2.32. The molecule has 166 valence electrons. The number of carbonyl (C=O) groups excluding carboxylic acids is 3. The Kier molecular flexibility index (Phi) is 7.10. The molecule has 2 aromatic carbocycles. The van der Waals surface area contributed by atoms with Gasteiger partial charge in [0.15, 0.2) is 0 Å². The molecule has 0 bridgehead atoms. The van der Waals surface area contributed by atoms with Gasteiger partial charge in [0.1, 0.15) is 5.70 Å². The molecule has 7 nitrogen and oxygen atoms in total. The van der Waals surface area contributed by atoms with E-state index < -0.39 is 5.91 Å². The highest BCUT2D eigenvalue weighted by Crippen LogP contribution is 2.31. The van der Waals surface area contributed by atoms with E-state index in [0.717, 1.165) is 23.7 Å². The third-order valence-corrected chi connectivity index (χ3v) is 5.24. The van der Waals surface area contributed by atoms with Gasteiger partial charge < -0.3 is 15.5 Å². The Morgan fingerprint density at radius 3 is 2.09 bits per heavy atom. The van der Waals surface area contributed by atoms with Crippen LogP contribution in [0, 0.1) is 0 Å². The number of hydrogen-bond acceptors (Lipinski definition) is 5. The fraction of sp³-hybridized carbons (Fsp3) is 0.240. The van der Waals surface area contributed by atoms with Crippen LogP contribution in [0.2, 0.25) is 0 Å². The van der Waals surface area contributed by atoms with Gasteiger partial charge in [0.25, 0.3) is 11.8 Å². The van der Waals surface area contributed by atoms with Crippen LogP contribution in [0.1, 0.15) is 26.3 Å². The van der Waals surface area contributed by atoms with Gasteiger partial charge in [-0.05, 0) is 55.8 Å². The van der Waals surface area contributed by atoms with Crippen LogP contribution in [0.4, 0.5) is 17.1 Å². The molecule has 0 aliphatic carbocycles. The second kappa shape index (κ2) is 9.96. The van der Waals surface area contributed by atoms with E-state index in [0.29, 0.717) is 22.5 Å². The van der Waals surface area contributed by atoms with E-state index in [1.54, 1.807) is 24.3 Å². The van der Waals surface area contributed by atoms with Crippen molar-refractivity contribution in [2.75, 3.05) is 35.2 Å². The van der Waals surface area contributed by atoms with Gasteiger partial charge in [-0.3, -0.25) is 19.3 Å². The molecule has 0 fully saturated rings. The minimum atomic E-state index is -0.399. The molecule has 3 amide bonds. The molecule has 0 unspecified atom stereocenters. The zero-order chi connectivity index (χ0) is 23.3. The topological polar surface area (TPSA) is 81.8 Å². The van der Waals surface area contributed by atoms with Crippen LogP contribution in [0.3, 0.4) is 0 Å². The van der Waals surface area contributed by atoms with E-state index in [1.807, 2.05) is 24.3 Å². The molecular formula is C25H28N4O3. The van der Waals surface area contributed by atoms with Gasteiger partial charge in [-0.15, -0.1) is 6.58 Å². The molecule has 1 heterocycles. The molecule has 7 heteroatoms. The molecule has 0 atom stereocenters. The lowest BCUT2D eigenvalue weighted by atomic mass is 10.0. The van der Waals surface area contributed by atoms with Crippen LogP contribution in [0.15, 0.2) is 66.9 Å². The zero-order valence-corrected chi connectivity index (χ0v) is 18.6. The van der Waals surface area contributed by atoms with Gasteiger partial charge in [-0.1, -0.05) is 18.2 Å². The normalized spacial score (nSPS) is 13.4. The predicted octanol–water partition coefficient (Wildman–Crippen LogP) is 3.87. The predicted molar refractivity (Wildman–Crippen MR) is 128 cm³/mol. The van der Waals surface area contributed by atoms with E-state index in [4.69, 9.17) is 0 Å². The van der Waals surface area contributed by atoms with Crippen molar-refractivity contribution in [3.05, 3.63) is 72.4 Å². The summed E-state index contributed by atoms with van der Waals surface area (Å²) in [6.07, 6.45) is 1.52. The molecule has 2 N–H and O–H groups in total. The maximum Gasteiger partial charge on any atom is 0.278 e. The van der Waals surface area contributed by atoms with Gasteiger partial charge in [-0.2, -0.15) is 0 Å². The van der Waals surface area contributed by atoms with Crippen molar-refractivity contribution in [3.63, 3.8) is 0 Å². The van der Waals surface area contributed by atoms with Crippen LogP contribution >= 0.6 is 0 Å². The number of hydrogen-bond donors (Lipinski definition) is 2. The molecule has 0 radical (unpaired) electrons. The highest BCUT2D eigenvalue weighted by atomic mass is 16.2. The summed E-state index contributed by atoms with van der Waals surface area (Å²) in [6, 6.07) is 14.6. The average molecular weight is 433 g/mol. The third-order valence-electron chi connectivity index (χ3n) is 5.24. The number of anilines is 3. The molecular weight excluding hydrogens is 404 g/mol. The number of carbonyl (C=O) groups is 3. The first-order valence-corrected chi connectivity index (χ1v) is 10.6. The molecule has 3 rings (SSSR count). The van der Waals surface area contributed by atoms with Gasteiger partial charge >= 0.3 is 0 Å². The molecule has 2 aromatic rings. The Morgan fingerprint density at radius 1 is 0.969 bits per heavy atom. The van der Waals surface area contributed by atoms with Gasteiger partial charge in [0.2, 0.25) is 5.91 Å². The summed E-state index contributed by atoms with van der Waals surface area (Å²) in [5.41, 5.74) is 3.52. The highest BCUT2D eigenvalue weighted by Gasteiger charge is 2.38. The first-order chi connectivity index (χ1) is 15.4.